The van der Waals surface area contributed by atoms with Gasteiger partial charge in [-0.1, -0.05) is 47.6 Å². The fourth-order valence-electron chi connectivity index (χ4n) is 2.79. The molecule has 138 valence electrons. The third-order valence-corrected chi connectivity index (χ3v) is 4.40. The molecule has 0 atom stereocenters. The second-order valence-corrected chi connectivity index (χ2v) is 8.79. The average molecular weight is 353 g/mol. The van der Waals surface area contributed by atoms with Gasteiger partial charge in [0, 0.05) is 11.1 Å². The third kappa shape index (κ3) is 4.18. The molecule has 4 heteroatoms. The van der Waals surface area contributed by atoms with Crippen molar-refractivity contribution in [3.63, 3.8) is 0 Å². The van der Waals surface area contributed by atoms with Crippen molar-refractivity contribution in [1.29, 1.82) is 0 Å². The predicted molar refractivity (Wildman–Crippen MR) is 105 cm³/mol. The highest BCUT2D eigenvalue weighted by Crippen LogP contribution is 2.37. The van der Waals surface area contributed by atoms with Crippen LogP contribution in [0.5, 0.6) is 0 Å². The summed E-state index contributed by atoms with van der Waals surface area (Å²) in [7, 11) is 0. The number of rotatable bonds is 2. The molecule has 0 unspecified atom stereocenters. The molecule has 0 bridgehead atoms. The predicted octanol–water partition coefficient (Wildman–Crippen LogP) is 5.29. The first-order chi connectivity index (χ1) is 11.8. The molecule has 26 heavy (non-hydrogen) atoms. The van der Waals surface area contributed by atoms with Crippen molar-refractivity contribution in [2.24, 2.45) is 15.8 Å². The minimum Gasteiger partial charge on any atom is -0.478 e. The second kappa shape index (κ2) is 6.67. The van der Waals surface area contributed by atoms with Crippen LogP contribution in [0.4, 0.5) is 5.69 Å². The lowest BCUT2D eigenvalue weighted by molar-refractivity contribution is -0.114. The molecule has 4 nitrogen and oxygen atoms in total. The summed E-state index contributed by atoms with van der Waals surface area (Å²) in [5.41, 5.74) is 3.18. The van der Waals surface area contributed by atoms with Crippen LogP contribution in [0.25, 0.3) is 0 Å². The van der Waals surface area contributed by atoms with Gasteiger partial charge in [-0.2, -0.15) is 0 Å². The SMILES string of the molecule is Cc1ccc(C(=O)O)cc1N=C1C=C(C(C)(C)C)C(=O)C(C(C)(C)C)=C1. The maximum atomic E-state index is 13.0. The summed E-state index contributed by atoms with van der Waals surface area (Å²) in [6, 6.07) is 4.88. The zero-order valence-electron chi connectivity index (χ0n) is 16.6. The Balaban J connectivity index is 2.66. The molecule has 0 spiro atoms. The van der Waals surface area contributed by atoms with Crippen LogP contribution >= 0.6 is 0 Å². The van der Waals surface area contributed by atoms with E-state index in [-0.39, 0.29) is 22.2 Å². The molecule has 1 aliphatic carbocycles. The number of aliphatic imine (C=N–C) groups is 1. The molecule has 0 saturated carbocycles. The Bertz CT molecular complexity index is 820. The van der Waals surface area contributed by atoms with Gasteiger partial charge in [-0.15, -0.1) is 0 Å². The van der Waals surface area contributed by atoms with Gasteiger partial charge in [0.1, 0.15) is 0 Å². The summed E-state index contributed by atoms with van der Waals surface area (Å²) in [5, 5.41) is 9.22. The fourth-order valence-corrected chi connectivity index (χ4v) is 2.79. The first-order valence-electron chi connectivity index (χ1n) is 8.72. The molecule has 1 N–H and O–H groups in total. The molecule has 1 aliphatic rings. The number of carbonyl (C=O) groups is 2. The number of allylic oxidation sites excluding steroid dienone is 4. The zero-order valence-corrected chi connectivity index (χ0v) is 16.6. The summed E-state index contributed by atoms with van der Waals surface area (Å²) in [5.74, 6) is -0.929. The molecule has 2 rings (SSSR count). The van der Waals surface area contributed by atoms with E-state index in [0.717, 1.165) is 16.7 Å². The van der Waals surface area contributed by atoms with Gasteiger partial charge < -0.3 is 5.11 Å². The van der Waals surface area contributed by atoms with Gasteiger partial charge in [-0.3, -0.25) is 4.79 Å². The monoisotopic (exact) mass is 353 g/mol. The van der Waals surface area contributed by atoms with E-state index in [1.165, 1.54) is 0 Å². The van der Waals surface area contributed by atoms with Crippen LogP contribution in [0.15, 0.2) is 46.5 Å². The number of benzene rings is 1. The van der Waals surface area contributed by atoms with Gasteiger partial charge in [-0.05, 0) is 47.6 Å². The van der Waals surface area contributed by atoms with Crippen molar-refractivity contribution in [3.8, 4) is 0 Å². The summed E-state index contributed by atoms with van der Waals surface area (Å²) < 4.78 is 0. The van der Waals surface area contributed by atoms with Gasteiger partial charge in [0.25, 0.3) is 0 Å². The first-order valence-corrected chi connectivity index (χ1v) is 8.72. The normalized spacial score (nSPS) is 15.5. The van der Waals surface area contributed by atoms with Crippen LogP contribution in [0.3, 0.4) is 0 Å². The molecule has 0 aliphatic heterocycles. The van der Waals surface area contributed by atoms with Crippen molar-refractivity contribution in [2.45, 2.75) is 48.5 Å². The number of Topliss-reactive ketones (excluding diaryl/α,β-unsaturated/α-hetero) is 1. The van der Waals surface area contributed by atoms with Crippen LogP contribution in [0, 0.1) is 17.8 Å². The largest absolute Gasteiger partial charge is 0.478 e. The topological polar surface area (TPSA) is 66.7 Å². The first kappa shape index (κ1) is 19.8. The maximum Gasteiger partial charge on any atom is 0.335 e. The highest BCUT2D eigenvalue weighted by molar-refractivity contribution is 6.23. The number of carboxylic acid groups (broad SMARTS) is 1. The molecule has 0 aromatic heterocycles. The van der Waals surface area contributed by atoms with Crippen LogP contribution in [0.1, 0.15) is 57.5 Å². The minimum absolute atomic E-state index is 0.0555. The highest BCUT2D eigenvalue weighted by Gasteiger charge is 2.34. The number of nitrogens with zero attached hydrogens (tertiary/aromatic N) is 1. The van der Waals surface area contributed by atoms with E-state index >= 15 is 0 Å². The number of aryl methyl sites for hydroxylation is 1. The fraction of sp³-hybridized carbons (Fsp3) is 0.409. The van der Waals surface area contributed by atoms with Crippen molar-refractivity contribution in [1.82, 2.24) is 0 Å². The Hall–Kier alpha value is -2.49. The molecule has 1 aromatic rings. The van der Waals surface area contributed by atoms with Crippen LogP contribution in [-0.4, -0.2) is 22.6 Å². The summed E-state index contributed by atoms with van der Waals surface area (Å²) in [6.07, 6.45) is 3.65. The Morgan fingerprint density at radius 2 is 1.46 bits per heavy atom. The highest BCUT2D eigenvalue weighted by atomic mass is 16.4. The molecule has 0 radical (unpaired) electrons. The molecule has 0 heterocycles. The smallest absolute Gasteiger partial charge is 0.335 e. The molecule has 1 aromatic carbocycles. The van der Waals surface area contributed by atoms with E-state index in [1.807, 2.05) is 60.6 Å². The van der Waals surface area contributed by atoms with Crippen molar-refractivity contribution in [2.75, 3.05) is 0 Å². The third-order valence-electron chi connectivity index (χ3n) is 4.40. The maximum absolute atomic E-state index is 13.0. The standard InChI is InChI=1S/C22H27NO3/c1-13-8-9-14(20(25)26)10-18(13)23-15-11-16(21(2,3)4)19(24)17(12-15)22(5,6)7/h8-12H,1-7H3,(H,25,26). The van der Waals surface area contributed by atoms with E-state index in [2.05, 4.69) is 4.99 Å². The molecular weight excluding hydrogens is 326 g/mol. The van der Waals surface area contributed by atoms with Gasteiger partial charge in [-0.25, -0.2) is 9.79 Å². The lowest BCUT2D eigenvalue weighted by Crippen LogP contribution is -2.29. The number of carbonyl (C=O) groups excluding carboxylic acids is 1. The Morgan fingerprint density at radius 3 is 1.88 bits per heavy atom. The van der Waals surface area contributed by atoms with E-state index in [9.17, 15) is 14.7 Å². The van der Waals surface area contributed by atoms with Crippen molar-refractivity contribution in [3.05, 3.63) is 52.6 Å². The molecule has 0 amide bonds. The number of aromatic carboxylic acids is 1. The van der Waals surface area contributed by atoms with Crippen LogP contribution in [0.2, 0.25) is 0 Å². The number of carboxylic acids is 1. The lowest BCUT2D eigenvalue weighted by Gasteiger charge is -2.31. The second-order valence-electron chi connectivity index (χ2n) is 8.79. The van der Waals surface area contributed by atoms with E-state index in [1.54, 1.807) is 18.2 Å². The summed E-state index contributed by atoms with van der Waals surface area (Å²) >= 11 is 0. The summed E-state index contributed by atoms with van der Waals surface area (Å²) in [4.78, 5) is 28.9. The Labute approximate surface area is 155 Å². The molecule has 0 saturated heterocycles. The van der Waals surface area contributed by atoms with Crippen molar-refractivity contribution >= 4 is 23.2 Å². The number of hydrogen-bond donors (Lipinski definition) is 1. The van der Waals surface area contributed by atoms with Crippen LogP contribution < -0.4 is 0 Å². The average Bonchev–Trinajstić information content (AvgIpc) is 2.48. The number of hydrogen-bond acceptors (Lipinski definition) is 3. The van der Waals surface area contributed by atoms with Crippen molar-refractivity contribution < 1.29 is 14.7 Å². The van der Waals surface area contributed by atoms with Gasteiger partial charge in [0.05, 0.1) is 17.0 Å². The molecular formula is C22H27NO3. The van der Waals surface area contributed by atoms with E-state index < -0.39 is 5.97 Å². The quantitative estimate of drug-likeness (QED) is 0.734. The van der Waals surface area contributed by atoms with Gasteiger partial charge in [0.15, 0.2) is 5.78 Å². The minimum atomic E-state index is -0.984. The lowest BCUT2D eigenvalue weighted by atomic mass is 9.72. The van der Waals surface area contributed by atoms with Gasteiger partial charge in [0.2, 0.25) is 0 Å². The summed E-state index contributed by atoms with van der Waals surface area (Å²) in [6.45, 7) is 14.0. The molecule has 0 fully saturated rings. The zero-order chi connectivity index (χ0) is 19.9. The number of ketones is 1. The van der Waals surface area contributed by atoms with E-state index in [0.29, 0.717) is 11.4 Å². The Kier molecular flexibility index (Phi) is 5.09. The van der Waals surface area contributed by atoms with Crippen LogP contribution in [-0.2, 0) is 4.79 Å². The Morgan fingerprint density at radius 1 is 0.962 bits per heavy atom. The van der Waals surface area contributed by atoms with E-state index in [4.69, 9.17) is 0 Å². The van der Waals surface area contributed by atoms with Gasteiger partial charge >= 0.3 is 5.97 Å².